The van der Waals surface area contributed by atoms with E-state index < -0.39 is 33.2 Å². The molecule has 0 aliphatic rings. The van der Waals surface area contributed by atoms with E-state index in [0.717, 1.165) is 47.3 Å². The van der Waals surface area contributed by atoms with E-state index in [9.17, 15) is 27.6 Å². The number of thioether (sulfide) groups is 1. The van der Waals surface area contributed by atoms with Crippen molar-refractivity contribution in [2.75, 3.05) is 69.1 Å². The van der Waals surface area contributed by atoms with Gasteiger partial charge in [-0.25, -0.2) is 22.8 Å². The molecule has 270 valence electrons. The lowest BCUT2D eigenvalue weighted by atomic mass is 10.4. The minimum atomic E-state index is -2.75. The quantitative estimate of drug-likeness (QED) is 0.0686. The lowest BCUT2D eigenvalue weighted by molar-refractivity contribution is -0.156. The van der Waals surface area contributed by atoms with Crippen LogP contribution >= 0.6 is 56.8 Å². The first-order valence-corrected chi connectivity index (χ1v) is 22.1. The number of carbonyl (C=O) groups excluding carboxylic acids is 3. The Hall–Kier alpha value is -0.340. The van der Waals surface area contributed by atoms with Crippen LogP contribution in [0.25, 0.3) is 0 Å². The number of thiol groups is 1. The Morgan fingerprint density at radius 3 is 1.51 bits per heavy atom. The van der Waals surface area contributed by atoms with Crippen molar-refractivity contribution < 1.29 is 56.4 Å². The maximum Gasteiger partial charge on any atom is 0.334 e. The number of ether oxygens (including phenoxy) is 5. The predicted octanol–water partition coefficient (Wildman–Crippen LogP) is 5.09. The average molecular weight is 763 g/mol. The van der Waals surface area contributed by atoms with E-state index in [1.165, 1.54) is 31.2 Å². The van der Waals surface area contributed by atoms with Crippen LogP contribution in [0.5, 0.6) is 0 Å². The molecule has 0 spiro atoms. The van der Waals surface area contributed by atoms with E-state index in [1.54, 1.807) is 56.2 Å². The van der Waals surface area contributed by atoms with Gasteiger partial charge in [0.15, 0.2) is 32.3 Å². The van der Waals surface area contributed by atoms with Gasteiger partial charge < -0.3 is 28.8 Å². The van der Waals surface area contributed by atoms with Gasteiger partial charge in [0, 0.05) is 44.5 Å². The molecule has 0 heterocycles. The SMILES string of the molecule is CCOC(=O)[C@H](C)OCCCS.CCOC(=O)[C@H](C)OCCCSC(C)=O.CSS(C)(=O)=O.CSSCCCO[C@@H](C)C(=O)O. The first-order valence-electron chi connectivity index (χ1n) is 14.1. The lowest BCUT2D eigenvalue weighted by Crippen LogP contribution is -2.23. The number of rotatable bonds is 21. The molecule has 0 fully saturated rings. The van der Waals surface area contributed by atoms with Crippen molar-refractivity contribution in [3.05, 3.63) is 0 Å². The van der Waals surface area contributed by atoms with Gasteiger partial charge >= 0.3 is 17.9 Å². The minimum Gasteiger partial charge on any atom is -0.479 e. The summed E-state index contributed by atoms with van der Waals surface area (Å²) >= 11 is 5.29. The third kappa shape index (κ3) is 45.8. The van der Waals surface area contributed by atoms with Crippen LogP contribution in [0.15, 0.2) is 0 Å². The minimum absolute atomic E-state index is 0.105. The maximum absolute atomic E-state index is 11.1. The van der Waals surface area contributed by atoms with Crippen molar-refractivity contribution >= 4 is 88.7 Å². The summed E-state index contributed by atoms with van der Waals surface area (Å²) in [5.41, 5.74) is 0. The van der Waals surface area contributed by atoms with Gasteiger partial charge in [0.2, 0.25) is 0 Å². The van der Waals surface area contributed by atoms with Crippen molar-refractivity contribution in [2.45, 2.75) is 79.1 Å². The first kappa shape index (κ1) is 51.5. The Bertz CT molecular complexity index is 846. The van der Waals surface area contributed by atoms with Crippen LogP contribution in [0.2, 0.25) is 0 Å². The molecule has 0 aromatic carbocycles. The predicted molar refractivity (Wildman–Crippen MR) is 192 cm³/mol. The second kappa shape index (κ2) is 36.5. The van der Waals surface area contributed by atoms with E-state index in [1.807, 2.05) is 6.26 Å². The smallest absolute Gasteiger partial charge is 0.334 e. The molecule has 0 saturated heterocycles. The van der Waals surface area contributed by atoms with Crippen molar-refractivity contribution in [3.8, 4) is 0 Å². The Morgan fingerprint density at radius 1 is 0.778 bits per heavy atom. The van der Waals surface area contributed by atoms with Gasteiger partial charge in [-0.05, 0) is 82.9 Å². The van der Waals surface area contributed by atoms with Crippen molar-refractivity contribution in [3.63, 3.8) is 0 Å². The fraction of sp³-hybridized carbons (Fsp3) is 0.852. The number of carboxylic acids is 1. The molecule has 0 aliphatic heterocycles. The van der Waals surface area contributed by atoms with Crippen LogP contribution in [-0.2, 0) is 51.7 Å². The number of carboxylic acid groups (broad SMARTS) is 1. The number of hydrogen-bond acceptors (Lipinski definition) is 16. The molecule has 3 atom stereocenters. The Labute approximate surface area is 291 Å². The summed E-state index contributed by atoms with van der Waals surface area (Å²) < 4.78 is 44.9. The van der Waals surface area contributed by atoms with Crippen molar-refractivity contribution in [1.29, 1.82) is 0 Å². The molecule has 18 heteroatoms. The summed E-state index contributed by atoms with van der Waals surface area (Å²) in [7, 11) is 1.58. The number of aliphatic carboxylic acids is 1. The molecule has 1 N–H and O–H groups in total. The van der Waals surface area contributed by atoms with Crippen molar-refractivity contribution in [1.82, 2.24) is 0 Å². The van der Waals surface area contributed by atoms with Crippen LogP contribution < -0.4 is 0 Å². The molecule has 0 amide bonds. The number of hydrogen-bond donors (Lipinski definition) is 2. The fourth-order valence-corrected chi connectivity index (χ4v) is 3.98. The highest BCUT2D eigenvalue weighted by Gasteiger charge is 2.14. The molecular formula is C27H54O12S6. The molecule has 0 aromatic heterocycles. The highest BCUT2D eigenvalue weighted by molar-refractivity contribution is 8.76. The molecule has 45 heavy (non-hydrogen) atoms. The highest BCUT2D eigenvalue weighted by Crippen LogP contribution is 2.17. The lowest BCUT2D eigenvalue weighted by Gasteiger charge is -2.11. The summed E-state index contributed by atoms with van der Waals surface area (Å²) in [6.45, 7) is 12.3. The Balaban J connectivity index is -0.000000259. The summed E-state index contributed by atoms with van der Waals surface area (Å²) in [5.74, 6) is 0.981. The van der Waals surface area contributed by atoms with E-state index >= 15 is 0 Å². The van der Waals surface area contributed by atoms with Gasteiger partial charge in [-0.3, -0.25) is 4.79 Å². The number of esters is 2. The molecule has 12 nitrogen and oxygen atoms in total. The Kier molecular flexibility index (Phi) is 41.8. The molecule has 0 saturated carbocycles. The molecule has 0 rings (SSSR count). The summed E-state index contributed by atoms with van der Waals surface area (Å²) in [4.78, 5) is 42.9. The summed E-state index contributed by atoms with van der Waals surface area (Å²) in [5, 5.41) is 8.56. The summed E-state index contributed by atoms with van der Waals surface area (Å²) in [6, 6.07) is 0. The first-order chi connectivity index (χ1) is 21.0. The van der Waals surface area contributed by atoms with Crippen LogP contribution in [0.4, 0.5) is 0 Å². The van der Waals surface area contributed by atoms with Crippen molar-refractivity contribution in [2.24, 2.45) is 0 Å². The second-order valence-electron chi connectivity index (χ2n) is 8.37. The maximum atomic E-state index is 11.1. The van der Waals surface area contributed by atoms with Crippen LogP contribution in [0, 0.1) is 0 Å². The zero-order chi connectivity index (χ0) is 35.7. The van der Waals surface area contributed by atoms with E-state index in [4.69, 9.17) is 28.8 Å². The average Bonchev–Trinajstić information content (AvgIpc) is 2.97. The zero-order valence-corrected chi connectivity index (χ0v) is 32.9. The third-order valence-electron chi connectivity index (χ3n) is 4.38. The standard InChI is InChI=1S/C10H18O4S.C8H16O3S.C7H14O3S2.C2H6O2S2/c1-4-13-10(12)8(2)14-6-5-7-15-9(3)11;1-3-10-8(9)7(2)11-5-4-6-12;1-6(7(8)9)10-4-3-5-12-11-2;1-5-6(2,3)4/h8H,4-7H2,1-3H3;7,12H,3-6H2,1-2H3;6H,3-5H2,1-2H3,(H,8,9);1-2H3/t8-;7-;6-;/m000./s1. The zero-order valence-electron chi connectivity index (χ0n) is 27.9. The molecule has 0 unspecified atom stereocenters. The van der Waals surface area contributed by atoms with Gasteiger partial charge in [0.25, 0.3) is 0 Å². The van der Waals surface area contributed by atoms with Gasteiger partial charge in [-0.2, -0.15) is 12.6 Å². The van der Waals surface area contributed by atoms with Crippen LogP contribution in [0.1, 0.15) is 60.8 Å². The van der Waals surface area contributed by atoms with Gasteiger partial charge in [-0.15, -0.1) is 0 Å². The van der Waals surface area contributed by atoms with Gasteiger partial charge in [0.05, 0.1) is 13.2 Å². The molecular weight excluding hydrogens is 709 g/mol. The van der Waals surface area contributed by atoms with E-state index in [0.29, 0.717) is 33.0 Å². The van der Waals surface area contributed by atoms with E-state index in [2.05, 4.69) is 12.6 Å². The normalized spacial score (nSPS) is 12.4. The highest BCUT2D eigenvalue weighted by atomic mass is 33.1. The van der Waals surface area contributed by atoms with Gasteiger partial charge in [0.1, 0.15) is 0 Å². The number of carbonyl (C=O) groups is 4. The fourth-order valence-electron chi connectivity index (χ4n) is 2.05. The van der Waals surface area contributed by atoms with E-state index in [-0.39, 0.29) is 17.1 Å². The molecule has 0 aliphatic carbocycles. The summed E-state index contributed by atoms with van der Waals surface area (Å²) in [6.07, 6.45) is 5.60. The largest absolute Gasteiger partial charge is 0.479 e. The second-order valence-corrected chi connectivity index (χ2v) is 17.3. The van der Waals surface area contributed by atoms with Crippen LogP contribution in [0.3, 0.4) is 0 Å². The monoisotopic (exact) mass is 762 g/mol. The third-order valence-corrected chi connectivity index (χ3v) is 9.91. The topological polar surface area (TPSA) is 169 Å². The molecule has 0 radical (unpaired) electrons. The van der Waals surface area contributed by atoms with Gasteiger partial charge in [-0.1, -0.05) is 33.3 Å². The molecule has 0 aromatic rings. The molecule has 0 bridgehead atoms. The Morgan fingerprint density at radius 2 is 1.18 bits per heavy atom. The van der Waals surface area contributed by atoms with Crippen LogP contribution in [-0.4, -0.2) is 124 Å².